The quantitative estimate of drug-likeness (QED) is 0.866. The molecule has 0 bridgehead atoms. The van der Waals surface area contributed by atoms with Crippen molar-refractivity contribution >= 4 is 5.82 Å². The number of piperidine rings is 1. The van der Waals surface area contributed by atoms with E-state index in [0.29, 0.717) is 12.1 Å². The first-order chi connectivity index (χ1) is 9.72. The fourth-order valence-corrected chi connectivity index (χ4v) is 2.74. The molecule has 20 heavy (non-hydrogen) atoms. The van der Waals surface area contributed by atoms with Gasteiger partial charge in [0.1, 0.15) is 5.82 Å². The Hall–Kier alpha value is -1.13. The monoisotopic (exact) mass is 277 g/mol. The van der Waals surface area contributed by atoms with E-state index < -0.39 is 0 Å². The summed E-state index contributed by atoms with van der Waals surface area (Å²) in [4.78, 5) is 6.90. The molecule has 4 nitrogen and oxygen atoms in total. The predicted octanol–water partition coefficient (Wildman–Crippen LogP) is 2.37. The van der Waals surface area contributed by atoms with Gasteiger partial charge in [-0.1, -0.05) is 13.0 Å². The SMILES string of the molecule is CC[C@H](COC)NC1CCN(c2ccc(C)cn2)CC1. The number of pyridine rings is 1. The molecule has 0 amide bonds. The molecule has 0 saturated carbocycles. The van der Waals surface area contributed by atoms with Crippen LogP contribution in [0.3, 0.4) is 0 Å². The van der Waals surface area contributed by atoms with Crippen LogP contribution in [-0.2, 0) is 4.74 Å². The van der Waals surface area contributed by atoms with Gasteiger partial charge in [-0.05, 0) is 37.8 Å². The maximum Gasteiger partial charge on any atom is 0.128 e. The highest BCUT2D eigenvalue weighted by Gasteiger charge is 2.21. The second kappa shape index (κ2) is 7.60. The number of aromatic nitrogens is 1. The molecule has 0 unspecified atom stereocenters. The van der Waals surface area contributed by atoms with Gasteiger partial charge < -0.3 is 15.0 Å². The molecule has 1 aliphatic rings. The first-order valence-corrected chi connectivity index (χ1v) is 7.65. The van der Waals surface area contributed by atoms with Gasteiger partial charge in [0.05, 0.1) is 6.61 Å². The Morgan fingerprint density at radius 2 is 2.15 bits per heavy atom. The van der Waals surface area contributed by atoms with Crippen molar-refractivity contribution in [2.75, 3.05) is 31.7 Å². The molecule has 4 heteroatoms. The zero-order valence-corrected chi connectivity index (χ0v) is 12.9. The molecule has 1 aliphatic heterocycles. The topological polar surface area (TPSA) is 37.4 Å². The fraction of sp³-hybridized carbons (Fsp3) is 0.688. The largest absolute Gasteiger partial charge is 0.383 e. The lowest BCUT2D eigenvalue weighted by Crippen LogP contribution is -2.47. The summed E-state index contributed by atoms with van der Waals surface area (Å²) < 4.78 is 5.26. The van der Waals surface area contributed by atoms with Gasteiger partial charge >= 0.3 is 0 Å². The summed E-state index contributed by atoms with van der Waals surface area (Å²) in [5, 5.41) is 3.72. The molecular weight excluding hydrogens is 250 g/mol. The number of rotatable bonds is 6. The van der Waals surface area contributed by atoms with Crippen LogP contribution in [-0.4, -0.2) is 43.9 Å². The Labute approximate surface area is 122 Å². The Morgan fingerprint density at radius 1 is 1.40 bits per heavy atom. The number of methoxy groups -OCH3 is 1. The summed E-state index contributed by atoms with van der Waals surface area (Å²) in [6.45, 7) is 7.25. The smallest absolute Gasteiger partial charge is 0.128 e. The molecule has 0 aromatic carbocycles. The minimum Gasteiger partial charge on any atom is -0.383 e. The molecular formula is C16H27N3O. The van der Waals surface area contributed by atoms with Gasteiger partial charge in [0.25, 0.3) is 0 Å². The maximum atomic E-state index is 5.26. The van der Waals surface area contributed by atoms with E-state index in [9.17, 15) is 0 Å². The molecule has 1 N–H and O–H groups in total. The van der Waals surface area contributed by atoms with E-state index in [0.717, 1.165) is 31.9 Å². The summed E-state index contributed by atoms with van der Waals surface area (Å²) in [6.07, 6.45) is 5.42. The van der Waals surface area contributed by atoms with Crippen molar-refractivity contribution in [3.63, 3.8) is 0 Å². The molecule has 0 radical (unpaired) electrons. The van der Waals surface area contributed by atoms with Crippen LogP contribution in [0.25, 0.3) is 0 Å². The van der Waals surface area contributed by atoms with Crippen LogP contribution in [0, 0.1) is 6.92 Å². The summed E-state index contributed by atoms with van der Waals surface area (Å²) in [6, 6.07) is 5.35. The van der Waals surface area contributed by atoms with E-state index in [1.165, 1.54) is 18.4 Å². The Balaban J connectivity index is 1.81. The molecule has 0 spiro atoms. The van der Waals surface area contributed by atoms with Gasteiger partial charge in [0, 0.05) is 38.5 Å². The van der Waals surface area contributed by atoms with E-state index >= 15 is 0 Å². The van der Waals surface area contributed by atoms with Crippen LogP contribution < -0.4 is 10.2 Å². The van der Waals surface area contributed by atoms with Crippen LogP contribution in [0.2, 0.25) is 0 Å². The molecule has 1 fully saturated rings. The number of nitrogens with one attached hydrogen (secondary N) is 1. The molecule has 112 valence electrons. The molecule has 1 atom stereocenters. The first-order valence-electron chi connectivity index (χ1n) is 7.65. The normalized spacial score (nSPS) is 18.2. The zero-order chi connectivity index (χ0) is 14.4. The number of anilines is 1. The van der Waals surface area contributed by atoms with Gasteiger partial charge in [-0.15, -0.1) is 0 Å². The molecule has 2 rings (SSSR count). The lowest BCUT2D eigenvalue weighted by atomic mass is 10.0. The lowest BCUT2D eigenvalue weighted by Gasteiger charge is -2.35. The van der Waals surface area contributed by atoms with Crippen molar-refractivity contribution in [3.05, 3.63) is 23.9 Å². The van der Waals surface area contributed by atoms with Crippen molar-refractivity contribution in [2.24, 2.45) is 0 Å². The molecule has 1 aromatic heterocycles. The molecule has 1 aromatic rings. The Morgan fingerprint density at radius 3 is 2.70 bits per heavy atom. The first kappa shape index (κ1) is 15.3. The van der Waals surface area contributed by atoms with Crippen LogP contribution in [0.15, 0.2) is 18.3 Å². The van der Waals surface area contributed by atoms with Crippen molar-refractivity contribution in [1.29, 1.82) is 0 Å². The number of hydrogen-bond acceptors (Lipinski definition) is 4. The minimum absolute atomic E-state index is 0.481. The standard InChI is InChI=1S/C16H27N3O/c1-4-14(12-20-3)18-15-7-9-19(10-8-15)16-6-5-13(2)11-17-16/h5-6,11,14-15,18H,4,7-10,12H2,1-3H3/t14-/m1/s1. The van der Waals surface area contributed by atoms with Crippen molar-refractivity contribution < 1.29 is 4.74 Å². The van der Waals surface area contributed by atoms with E-state index in [1.807, 2.05) is 6.20 Å². The summed E-state index contributed by atoms with van der Waals surface area (Å²) in [5.41, 5.74) is 1.22. The zero-order valence-electron chi connectivity index (χ0n) is 12.9. The van der Waals surface area contributed by atoms with Crippen LogP contribution in [0.4, 0.5) is 5.82 Å². The number of ether oxygens (including phenoxy) is 1. The highest BCUT2D eigenvalue weighted by atomic mass is 16.5. The summed E-state index contributed by atoms with van der Waals surface area (Å²) in [7, 11) is 1.77. The van der Waals surface area contributed by atoms with Crippen molar-refractivity contribution in [2.45, 2.75) is 45.2 Å². The number of nitrogens with zero attached hydrogens (tertiary/aromatic N) is 2. The second-order valence-electron chi connectivity index (χ2n) is 5.68. The highest BCUT2D eigenvalue weighted by molar-refractivity contribution is 5.39. The average molecular weight is 277 g/mol. The van der Waals surface area contributed by atoms with E-state index in [1.54, 1.807) is 7.11 Å². The third-order valence-corrected chi connectivity index (χ3v) is 4.05. The van der Waals surface area contributed by atoms with Gasteiger partial charge in [0.15, 0.2) is 0 Å². The number of hydrogen-bond donors (Lipinski definition) is 1. The second-order valence-corrected chi connectivity index (χ2v) is 5.68. The molecule has 1 saturated heterocycles. The van der Waals surface area contributed by atoms with E-state index in [2.05, 4.69) is 41.2 Å². The Kier molecular flexibility index (Phi) is 5.80. The van der Waals surface area contributed by atoms with Crippen LogP contribution >= 0.6 is 0 Å². The van der Waals surface area contributed by atoms with E-state index in [-0.39, 0.29) is 0 Å². The third kappa shape index (κ3) is 4.18. The van der Waals surface area contributed by atoms with E-state index in [4.69, 9.17) is 4.74 Å². The average Bonchev–Trinajstić information content (AvgIpc) is 2.48. The highest BCUT2D eigenvalue weighted by Crippen LogP contribution is 2.18. The van der Waals surface area contributed by atoms with Crippen molar-refractivity contribution in [3.8, 4) is 0 Å². The third-order valence-electron chi connectivity index (χ3n) is 4.05. The van der Waals surface area contributed by atoms with Gasteiger partial charge in [-0.2, -0.15) is 0 Å². The van der Waals surface area contributed by atoms with Gasteiger partial charge in [0.2, 0.25) is 0 Å². The maximum absolute atomic E-state index is 5.26. The summed E-state index contributed by atoms with van der Waals surface area (Å²) >= 11 is 0. The number of aryl methyl sites for hydroxylation is 1. The van der Waals surface area contributed by atoms with Gasteiger partial charge in [-0.3, -0.25) is 0 Å². The minimum atomic E-state index is 0.481. The van der Waals surface area contributed by atoms with Crippen LogP contribution in [0.1, 0.15) is 31.7 Å². The summed E-state index contributed by atoms with van der Waals surface area (Å²) in [5.74, 6) is 1.11. The van der Waals surface area contributed by atoms with Crippen LogP contribution in [0.5, 0.6) is 0 Å². The van der Waals surface area contributed by atoms with Gasteiger partial charge in [-0.25, -0.2) is 4.98 Å². The Bertz CT molecular complexity index is 385. The predicted molar refractivity (Wildman–Crippen MR) is 83.3 cm³/mol. The molecule has 0 aliphatic carbocycles. The van der Waals surface area contributed by atoms with Crippen molar-refractivity contribution in [1.82, 2.24) is 10.3 Å². The fourth-order valence-electron chi connectivity index (χ4n) is 2.74. The lowest BCUT2D eigenvalue weighted by molar-refractivity contribution is 0.155. The molecule has 2 heterocycles.